The zero-order chi connectivity index (χ0) is 12.7. The normalized spacial score (nSPS) is 10.4. The number of carbonyl (C=O) groups is 2. The minimum Gasteiger partial charge on any atom is -0.480 e. The topological polar surface area (TPSA) is 90.7 Å². The van der Waals surface area contributed by atoms with Crippen molar-refractivity contribution < 1.29 is 19.8 Å². The average Bonchev–Trinajstić information content (AvgIpc) is 2.26. The lowest BCUT2D eigenvalue weighted by atomic mass is 10.2. The third-order valence-electron chi connectivity index (χ3n) is 2.18. The molecule has 0 unspecified atom stereocenters. The molecule has 6 nitrogen and oxygen atoms in total. The van der Waals surface area contributed by atoms with Crippen molar-refractivity contribution >= 4 is 11.9 Å². The molecule has 0 saturated carbocycles. The van der Waals surface area contributed by atoms with E-state index in [4.69, 9.17) is 10.2 Å². The molecule has 17 heavy (non-hydrogen) atoms. The number of hydrogen-bond acceptors (Lipinski definition) is 4. The molecule has 1 rings (SSSR count). The Morgan fingerprint density at radius 3 is 2.12 bits per heavy atom. The maximum Gasteiger partial charge on any atom is 0.317 e. The first-order valence-corrected chi connectivity index (χ1v) is 5.13. The van der Waals surface area contributed by atoms with Crippen LogP contribution >= 0.6 is 0 Å². The molecule has 0 saturated heterocycles. The second-order valence-electron chi connectivity index (χ2n) is 3.60. The molecule has 1 heterocycles. The Morgan fingerprint density at radius 2 is 1.65 bits per heavy atom. The van der Waals surface area contributed by atoms with E-state index in [1.165, 1.54) is 4.90 Å². The molecule has 0 aliphatic rings. The first-order chi connectivity index (χ1) is 8.08. The monoisotopic (exact) mass is 238 g/mol. The quantitative estimate of drug-likeness (QED) is 0.700. The number of nitrogens with zero attached hydrogens (tertiary/aromatic N) is 2. The van der Waals surface area contributed by atoms with Crippen molar-refractivity contribution in [3.05, 3.63) is 30.1 Å². The lowest BCUT2D eigenvalue weighted by molar-refractivity contribution is -0.141. The molecule has 1 aromatic heterocycles. The predicted molar refractivity (Wildman–Crippen MR) is 59.7 cm³/mol. The standard InChI is InChI=1S/C11H14N2O4/c14-10(15)7-13(8-11(16)17)6-3-9-1-4-12-5-2-9/h1-2,4-5H,3,6-8H2,(H,14,15)(H,16,17). The number of carboxylic acids is 2. The van der Waals surface area contributed by atoms with E-state index in [1.807, 2.05) is 12.1 Å². The summed E-state index contributed by atoms with van der Waals surface area (Å²) in [4.78, 5) is 26.4. The van der Waals surface area contributed by atoms with Gasteiger partial charge in [-0.25, -0.2) is 0 Å². The fourth-order valence-electron chi connectivity index (χ4n) is 1.43. The third kappa shape index (κ3) is 5.62. The van der Waals surface area contributed by atoms with E-state index in [1.54, 1.807) is 12.4 Å². The average molecular weight is 238 g/mol. The van der Waals surface area contributed by atoms with E-state index in [2.05, 4.69) is 4.98 Å². The van der Waals surface area contributed by atoms with Crippen molar-refractivity contribution in [3.8, 4) is 0 Å². The molecule has 0 amide bonds. The summed E-state index contributed by atoms with van der Waals surface area (Å²) in [5.41, 5.74) is 1.00. The summed E-state index contributed by atoms with van der Waals surface area (Å²) in [6.45, 7) is -0.141. The van der Waals surface area contributed by atoms with Gasteiger partial charge in [0, 0.05) is 18.9 Å². The summed E-state index contributed by atoms with van der Waals surface area (Å²) in [6.07, 6.45) is 3.89. The molecule has 0 bridgehead atoms. The zero-order valence-electron chi connectivity index (χ0n) is 9.24. The summed E-state index contributed by atoms with van der Waals surface area (Å²) in [6, 6.07) is 3.64. The van der Waals surface area contributed by atoms with E-state index in [0.29, 0.717) is 13.0 Å². The molecule has 1 aromatic rings. The minimum absolute atomic E-state index is 0.266. The van der Waals surface area contributed by atoms with Crippen molar-refractivity contribution in [2.45, 2.75) is 6.42 Å². The highest BCUT2D eigenvalue weighted by molar-refractivity contribution is 5.72. The van der Waals surface area contributed by atoms with E-state index >= 15 is 0 Å². The summed E-state index contributed by atoms with van der Waals surface area (Å²) in [7, 11) is 0. The van der Waals surface area contributed by atoms with Gasteiger partial charge in [0.25, 0.3) is 0 Å². The van der Waals surface area contributed by atoms with Crippen LogP contribution in [0.5, 0.6) is 0 Å². The van der Waals surface area contributed by atoms with E-state index in [0.717, 1.165) is 5.56 Å². The molecule has 0 aromatic carbocycles. The van der Waals surface area contributed by atoms with Crippen LogP contribution in [0, 0.1) is 0 Å². The Morgan fingerprint density at radius 1 is 1.12 bits per heavy atom. The lowest BCUT2D eigenvalue weighted by Crippen LogP contribution is -2.35. The highest BCUT2D eigenvalue weighted by Gasteiger charge is 2.12. The molecule has 0 atom stereocenters. The molecule has 92 valence electrons. The molecule has 0 aliphatic carbocycles. The minimum atomic E-state index is -1.03. The van der Waals surface area contributed by atoms with Crippen LogP contribution in [0.4, 0.5) is 0 Å². The molecule has 6 heteroatoms. The number of pyridine rings is 1. The van der Waals surface area contributed by atoms with Gasteiger partial charge in [0.2, 0.25) is 0 Å². The van der Waals surface area contributed by atoms with Crippen LogP contribution in [-0.4, -0.2) is 51.7 Å². The SMILES string of the molecule is O=C(O)CN(CCc1ccncc1)CC(=O)O. The number of aromatic nitrogens is 1. The van der Waals surface area contributed by atoms with E-state index < -0.39 is 11.9 Å². The Labute approximate surface area is 98.5 Å². The highest BCUT2D eigenvalue weighted by Crippen LogP contribution is 2.00. The predicted octanol–water partition coefficient (Wildman–Crippen LogP) is 0.0953. The Kier molecular flexibility index (Phi) is 5.09. The fourth-order valence-corrected chi connectivity index (χ4v) is 1.43. The second-order valence-corrected chi connectivity index (χ2v) is 3.60. The lowest BCUT2D eigenvalue weighted by Gasteiger charge is -2.17. The van der Waals surface area contributed by atoms with Crippen molar-refractivity contribution in [1.82, 2.24) is 9.88 Å². The molecule has 2 N–H and O–H groups in total. The van der Waals surface area contributed by atoms with Gasteiger partial charge in [-0.1, -0.05) is 0 Å². The van der Waals surface area contributed by atoms with Crippen LogP contribution in [-0.2, 0) is 16.0 Å². The largest absolute Gasteiger partial charge is 0.480 e. The third-order valence-corrected chi connectivity index (χ3v) is 2.18. The molecular weight excluding hydrogens is 224 g/mol. The van der Waals surface area contributed by atoms with Gasteiger partial charge >= 0.3 is 11.9 Å². The van der Waals surface area contributed by atoms with Gasteiger partial charge in [-0.05, 0) is 24.1 Å². The van der Waals surface area contributed by atoms with Crippen molar-refractivity contribution in [2.75, 3.05) is 19.6 Å². The first-order valence-electron chi connectivity index (χ1n) is 5.13. The van der Waals surface area contributed by atoms with Crippen LogP contribution < -0.4 is 0 Å². The molecule has 0 fully saturated rings. The first kappa shape index (κ1) is 13.1. The van der Waals surface area contributed by atoms with E-state index in [9.17, 15) is 9.59 Å². The second kappa shape index (κ2) is 6.59. The van der Waals surface area contributed by atoms with Gasteiger partial charge in [-0.3, -0.25) is 19.5 Å². The maximum atomic E-state index is 10.6. The van der Waals surface area contributed by atoms with Crippen molar-refractivity contribution in [2.24, 2.45) is 0 Å². The molecular formula is C11H14N2O4. The zero-order valence-corrected chi connectivity index (χ0v) is 9.24. The summed E-state index contributed by atoms with van der Waals surface area (Å²) < 4.78 is 0. The number of hydrogen-bond donors (Lipinski definition) is 2. The Hall–Kier alpha value is -1.95. The van der Waals surface area contributed by atoms with Crippen molar-refractivity contribution in [1.29, 1.82) is 0 Å². The number of aliphatic carboxylic acids is 2. The van der Waals surface area contributed by atoms with Crippen LogP contribution in [0.25, 0.3) is 0 Å². The van der Waals surface area contributed by atoms with Gasteiger partial charge in [-0.15, -0.1) is 0 Å². The smallest absolute Gasteiger partial charge is 0.317 e. The van der Waals surface area contributed by atoms with Crippen LogP contribution in [0.15, 0.2) is 24.5 Å². The van der Waals surface area contributed by atoms with Crippen LogP contribution in [0.1, 0.15) is 5.56 Å². The van der Waals surface area contributed by atoms with Gasteiger partial charge in [0.1, 0.15) is 0 Å². The molecule has 0 aliphatic heterocycles. The summed E-state index contributed by atoms with van der Waals surface area (Å²) in [5, 5.41) is 17.3. The van der Waals surface area contributed by atoms with Gasteiger partial charge in [0.15, 0.2) is 0 Å². The summed E-state index contributed by atoms with van der Waals surface area (Å²) in [5.74, 6) is -2.05. The highest BCUT2D eigenvalue weighted by atomic mass is 16.4. The van der Waals surface area contributed by atoms with Gasteiger partial charge in [0.05, 0.1) is 13.1 Å². The molecule has 0 radical (unpaired) electrons. The van der Waals surface area contributed by atoms with Crippen LogP contribution in [0.3, 0.4) is 0 Å². The van der Waals surface area contributed by atoms with Crippen LogP contribution in [0.2, 0.25) is 0 Å². The summed E-state index contributed by atoms with van der Waals surface area (Å²) >= 11 is 0. The van der Waals surface area contributed by atoms with Gasteiger partial charge in [-0.2, -0.15) is 0 Å². The number of rotatable bonds is 7. The Bertz CT molecular complexity index is 364. The maximum absolute atomic E-state index is 10.6. The number of carboxylic acid groups (broad SMARTS) is 2. The molecule has 0 spiro atoms. The van der Waals surface area contributed by atoms with E-state index in [-0.39, 0.29) is 13.1 Å². The Balaban J connectivity index is 2.48. The van der Waals surface area contributed by atoms with Gasteiger partial charge < -0.3 is 10.2 Å². The fraction of sp³-hybridized carbons (Fsp3) is 0.364. The van der Waals surface area contributed by atoms with Crippen molar-refractivity contribution in [3.63, 3.8) is 0 Å².